The van der Waals surface area contributed by atoms with Crippen molar-refractivity contribution in [2.45, 2.75) is 44.8 Å². The van der Waals surface area contributed by atoms with Gasteiger partial charge in [-0.25, -0.2) is 0 Å². The van der Waals surface area contributed by atoms with Crippen LogP contribution in [0.25, 0.3) is 0 Å². The number of hydrogen-bond donors (Lipinski definition) is 2. The number of ether oxygens (including phenoxy) is 2. The van der Waals surface area contributed by atoms with Crippen LogP contribution < -0.4 is 5.73 Å². The third kappa shape index (κ3) is 3.64. The van der Waals surface area contributed by atoms with E-state index in [1.807, 2.05) is 6.92 Å². The van der Waals surface area contributed by atoms with Gasteiger partial charge in [0, 0.05) is 6.61 Å². The lowest BCUT2D eigenvalue weighted by Crippen LogP contribution is -2.34. The van der Waals surface area contributed by atoms with Gasteiger partial charge in [-0.1, -0.05) is 6.92 Å². The highest BCUT2D eigenvalue weighted by atomic mass is 16.5. The van der Waals surface area contributed by atoms with E-state index in [1.165, 1.54) is 6.42 Å². The fraction of sp³-hybridized carbons (Fsp3) is 0.900. The summed E-state index contributed by atoms with van der Waals surface area (Å²) in [6, 6.07) is 0. The van der Waals surface area contributed by atoms with Crippen LogP contribution in [0.15, 0.2) is 0 Å². The first kappa shape index (κ1) is 11.5. The molecule has 0 aromatic carbocycles. The van der Waals surface area contributed by atoms with E-state index in [2.05, 4.69) is 0 Å². The Kier molecular flexibility index (Phi) is 4.90. The molecule has 0 amide bonds. The molecule has 1 rings (SSSR count). The molecule has 0 spiro atoms. The van der Waals surface area contributed by atoms with Crippen LogP contribution >= 0.6 is 0 Å². The molecule has 0 aromatic heterocycles. The van der Waals surface area contributed by atoms with Crippen molar-refractivity contribution in [1.82, 2.24) is 0 Å². The van der Waals surface area contributed by atoms with Crippen molar-refractivity contribution >= 4 is 5.84 Å². The van der Waals surface area contributed by atoms with Crippen molar-refractivity contribution in [1.29, 1.82) is 5.41 Å². The number of rotatable bonds is 5. The number of nitrogens with one attached hydrogen (secondary N) is 1. The molecule has 0 aromatic rings. The highest BCUT2D eigenvalue weighted by molar-refractivity contribution is 5.81. The fourth-order valence-corrected chi connectivity index (χ4v) is 1.59. The minimum absolute atomic E-state index is 0.114. The highest BCUT2D eigenvalue weighted by Gasteiger charge is 2.17. The molecule has 4 heteroatoms. The van der Waals surface area contributed by atoms with Crippen molar-refractivity contribution < 1.29 is 9.47 Å². The lowest BCUT2D eigenvalue weighted by Gasteiger charge is -2.24. The summed E-state index contributed by atoms with van der Waals surface area (Å²) in [5.41, 5.74) is 5.38. The van der Waals surface area contributed by atoms with Crippen molar-refractivity contribution in [3.8, 4) is 0 Å². The lowest BCUT2D eigenvalue weighted by molar-refractivity contribution is -0.0505. The largest absolute Gasteiger partial charge is 0.385 e. The van der Waals surface area contributed by atoms with Gasteiger partial charge in [0.2, 0.25) is 0 Å². The van der Waals surface area contributed by atoms with Crippen molar-refractivity contribution in [3.63, 3.8) is 0 Å². The van der Waals surface area contributed by atoms with E-state index in [0.717, 1.165) is 25.9 Å². The van der Waals surface area contributed by atoms with Crippen LogP contribution in [0.5, 0.6) is 0 Å². The molecule has 1 fully saturated rings. The fourth-order valence-electron chi connectivity index (χ4n) is 1.59. The van der Waals surface area contributed by atoms with Crippen LogP contribution in [0.2, 0.25) is 0 Å². The van der Waals surface area contributed by atoms with Crippen molar-refractivity contribution in [2.24, 2.45) is 5.73 Å². The smallest absolute Gasteiger partial charge is 0.120 e. The zero-order chi connectivity index (χ0) is 10.4. The topological polar surface area (TPSA) is 68.3 Å². The molecule has 0 saturated carbocycles. The Morgan fingerprint density at radius 1 is 1.64 bits per heavy atom. The lowest BCUT2D eigenvalue weighted by atomic mass is 10.1. The summed E-state index contributed by atoms with van der Waals surface area (Å²) >= 11 is 0. The third-order valence-corrected chi connectivity index (χ3v) is 2.47. The Morgan fingerprint density at radius 2 is 2.43 bits per heavy atom. The maximum Gasteiger partial charge on any atom is 0.120 e. The minimum atomic E-state index is -0.236. The van der Waals surface area contributed by atoms with E-state index in [4.69, 9.17) is 20.6 Å². The molecular weight excluding hydrogens is 180 g/mol. The molecular formula is C10H20N2O2. The normalized spacial score (nSPS) is 24.5. The van der Waals surface area contributed by atoms with Gasteiger partial charge in [-0.15, -0.1) is 0 Å². The van der Waals surface area contributed by atoms with E-state index in [-0.39, 0.29) is 18.0 Å². The number of hydrogen-bond acceptors (Lipinski definition) is 3. The highest BCUT2D eigenvalue weighted by Crippen LogP contribution is 2.13. The first-order chi connectivity index (χ1) is 6.74. The molecule has 2 unspecified atom stereocenters. The summed E-state index contributed by atoms with van der Waals surface area (Å²) in [6.07, 6.45) is 4.15. The molecule has 14 heavy (non-hydrogen) atoms. The van der Waals surface area contributed by atoms with Gasteiger partial charge in [0.05, 0.1) is 12.7 Å². The zero-order valence-electron chi connectivity index (χ0n) is 8.79. The molecule has 0 radical (unpaired) electrons. The van der Waals surface area contributed by atoms with Gasteiger partial charge in [0.15, 0.2) is 0 Å². The van der Waals surface area contributed by atoms with Crippen LogP contribution in [0.4, 0.5) is 0 Å². The standard InChI is InChI=1S/C10H20N2O2/c1-2-9(10(11)12)14-7-8-5-3-4-6-13-8/h8-9H,2-7H2,1H3,(H3,11,12). The summed E-state index contributed by atoms with van der Waals surface area (Å²) < 4.78 is 11.0. The summed E-state index contributed by atoms with van der Waals surface area (Å²) in [6.45, 7) is 3.37. The molecule has 1 saturated heterocycles. The molecule has 2 atom stereocenters. The average molecular weight is 200 g/mol. The zero-order valence-corrected chi connectivity index (χ0v) is 8.79. The SMILES string of the molecule is CCC(OCC1CCCCO1)C(=N)N. The maximum atomic E-state index is 7.28. The Labute approximate surface area is 85.3 Å². The van der Waals surface area contributed by atoms with Crippen molar-refractivity contribution in [3.05, 3.63) is 0 Å². The quantitative estimate of drug-likeness (QED) is 0.519. The Hall–Kier alpha value is -0.610. The van der Waals surface area contributed by atoms with Crippen molar-refractivity contribution in [2.75, 3.05) is 13.2 Å². The molecule has 82 valence electrons. The average Bonchev–Trinajstić information content (AvgIpc) is 2.20. The number of nitrogens with two attached hydrogens (primary N) is 1. The third-order valence-electron chi connectivity index (χ3n) is 2.47. The van der Waals surface area contributed by atoms with Gasteiger partial charge in [0.1, 0.15) is 11.9 Å². The van der Waals surface area contributed by atoms with Gasteiger partial charge < -0.3 is 15.2 Å². The van der Waals surface area contributed by atoms with Crippen LogP contribution in [0.1, 0.15) is 32.6 Å². The second-order valence-corrected chi connectivity index (χ2v) is 3.67. The molecule has 4 nitrogen and oxygen atoms in total. The monoisotopic (exact) mass is 200 g/mol. The van der Waals surface area contributed by atoms with Crippen LogP contribution in [-0.4, -0.2) is 31.3 Å². The minimum Gasteiger partial charge on any atom is -0.385 e. The van der Waals surface area contributed by atoms with E-state index in [0.29, 0.717) is 6.61 Å². The van der Waals surface area contributed by atoms with Gasteiger partial charge in [-0.2, -0.15) is 0 Å². The van der Waals surface area contributed by atoms with Gasteiger partial charge in [-0.05, 0) is 25.7 Å². The molecule has 1 aliphatic rings. The molecule has 0 aliphatic carbocycles. The Morgan fingerprint density at radius 3 is 2.93 bits per heavy atom. The van der Waals surface area contributed by atoms with E-state index < -0.39 is 0 Å². The van der Waals surface area contributed by atoms with Crippen LogP contribution in [-0.2, 0) is 9.47 Å². The summed E-state index contributed by atoms with van der Waals surface area (Å²) in [7, 11) is 0. The Balaban J connectivity index is 2.20. The van der Waals surface area contributed by atoms with Gasteiger partial charge in [-0.3, -0.25) is 5.41 Å². The predicted molar refractivity (Wildman–Crippen MR) is 55.5 cm³/mol. The molecule has 1 aliphatic heterocycles. The van der Waals surface area contributed by atoms with E-state index >= 15 is 0 Å². The first-order valence-electron chi connectivity index (χ1n) is 5.31. The van der Waals surface area contributed by atoms with Gasteiger partial charge in [0.25, 0.3) is 0 Å². The van der Waals surface area contributed by atoms with Crippen LogP contribution in [0.3, 0.4) is 0 Å². The second kappa shape index (κ2) is 5.98. The summed E-state index contributed by atoms with van der Waals surface area (Å²) in [4.78, 5) is 0. The summed E-state index contributed by atoms with van der Waals surface area (Å²) in [5, 5.41) is 7.28. The first-order valence-corrected chi connectivity index (χ1v) is 5.31. The van der Waals surface area contributed by atoms with Gasteiger partial charge >= 0.3 is 0 Å². The Bertz CT molecular complexity index is 179. The van der Waals surface area contributed by atoms with Crippen LogP contribution in [0, 0.1) is 5.41 Å². The predicted octanol–water partition coefficient (Wildman–Crippen LogP) is 1.29. The molecule has 3 N–H and O–H groups in total. The molecule has 1 heterocycles. The van der Waals surface area contributed by atoms with E-state index in [1.54, 1.807) is 0 Å². The second-order valence-electron chi connectivity index (χ2n) is 3.67. The van der Waals surface area contributed by atoms with E-state index in [9.17, 15) is 0 Å². The molecule has 0 bridgehead atoms. The number of amidine groups is 1. The summed E-state index contributed by atoms with van der Waals surface area (Å²) in [5.74, 6) is 0.114. The maximum absolute atomic E-state index is 7.28.